The number of benzene rings is 1. The molecule has 0 spiro atoms. The fourth-order valence-corrected chi connectivity index (χ4v) is 1.30. The predicted molar refractivity (Wildman–Crippen MR) is 64.8 cm³/mol. The molecule has 0 aliphatic carbocycles. The number of para-hydroxylation sites is 1. The average molecular weight is 221 g/mol. The molecule has 1 amide bonds. The highest BCUT2D eigenvalue weighted by Gasteiger charge is 2.20. The molecule has 0 saturated heterocycles. The zero-order valence-corrected chi connectivity index (χ0v) is 10.3. The van der Waals surface area contributed by atoms with Crippen molar-refractivity contribution in [1.29, 1.82) is 0 Å². The van der Waals surface area contributed by atoms with Gasteiger partial charge in [0, 0.05) is 5.54 Å². The largest absolute Gasteiger partial charge is 0.496 e. The fraction of sp³-hybridized carbons (Fsp3) is 0.462. The van der Waals surface area contributed by atoms with E-state index in [2.05, 4.69) is 5.32 Å². The second-order valence-electron chi connectivity index (χ2n) is 4.39. The second-order valence-corrected chi connectivity index (χ2v) is 4.39. The van der Waals surface area contributed by atoms with Crippen molar-refractivity contribution in [2.45, 2.75) is 32.7 Å². The summed E-state index contributed by atoms with van der Waals surface area (Å²) in [6, 6.07) is 7.23. The Morgan fingerprint density at radius 1 is 1.38 bits per heavy atom. The molecule has 0 aliphatic heterocycles. The van der Waals surface area contributed by atoms with Gasteiger partial charge in [-0.15, -0.1) is 0 Å². The second kappa shape index (κ2) is 5.01. The Bertz CT molecular complexity index is 372. The van der Waals surface area contributed by atoms with E-state index in [1.54, 1.807) is 19.2 Å². The van der Waals surface area contributed by atoms with Crippen molar-refractivity contribution >= 4 is 5.91 Å². The minimum absolute atomic E-state index is 0.0932. The molecule has 88 valence electrons. The van der Waals surface area contributed by atoms with Gasteiger partial charge in [-0.05, 0) is 32.4 Å². The Morgan fingerprint density at radius 3 is 2.56 bits per heavy atom. The summed E-state index contributed by atoms with van der Waals surface area (Å²) in [6.07, 6.45) is 0.883. The van der Waals surface area contributed by atoms with Gasteiger partial charge < -0.3 is 10.1 Å². The summed E-state index contributed by atoms with van der Waals surface area (Å²) in [4.78, 5) is 12.0. The summed E-state index contributed by atoms with van der Waals surface area (Å²) in [5.41, 5.74) is 0.379. The van der Waals surface area contributed by atoms with E-state index in [0.29, 0.717) is 11.3 Å². The van der Waals surface area contributed by atoms with Crippen LogP contribution in [0.2, 0.25) is 0 Å². The van der Waals surface area contributed by atoms with Gasteiger partial charge in [0.1, 0.15) is 5.75 Å². The first-order valence-corrected chi connectivity index (χ1v) is 5.45. The van der Waals surface area contributed by atoms with E-state index >= 15 is 0 Å². The molecule has 0 fully saturated rings. The molecule has 0 unspecified atom stereocenters. The molecule has 0 aromatic heterocycles. The van der Waals surface area contributed by atoms with Crippen molar-refractivity contribution in [3.05, 3.63) is 29.8 Å². The van der Waals surface area contributed by atoms with E-state index in [9.17, 15) is 4.79 Å². The van der Waals surface area contributed by atoms with E-state index < -0.39 is 0 Å². The number of carbonyl (C=O) groups excluding carboxylic acids is 1. The molecule has 0 aliphatic rings. The summed E-state index contributed by atoms with van der Waals surface area (Å²) in [5.74, 6) is 0.510. The lowest BCUT2D eigenvalue weighted by molar-refractivity contribution is 0.0908. The third-order valence-corrected chi connectivity index (χ3v) is 2.69. The van der Waals surface area contributed by atoms with E-state index in [-0.39, 0.29) is 11.4 Å². The highest BCUT2D eigenvalue weighted by Crippen LogP contribution is 2.18. The molecular formula is C13H19NO2. The number of hydrogen-bond acceptors (Lipinski definition) is 2. The molecule has 1 aromatic rings. The van der Waals surface area contributed by atoms with Crippen molar-refractivity contribution < 1.29 is 9.53 Å². The van der Waals surface area contributed by atoms with Crippen LogP contribution in [0.3, 0.4) is 0 Å². The van der Waals surface area contributed by atoms with Gasteiger partial charge in [0.05, 0.1) is 12.7 Å². The van der Waals surface area contributed by atoms with Gasteiger partial charge in [0.15, 0.2) is 0 Å². The van der Waals surface area contributed by atoms with Crippen LogP contribution >= 0.6 is 0 Å². The molecular weight excluding hydrogens is 202 g/mol. The Kier molecular flexibility index (Phi) is 3.93. The van der Waals surface area contributed by atoms with Gasteiger partial charge in [-0.3, -0.25) is 4.79 Å². The zero-order valence-electron chi connectivity index (χ0n) is 10.3. The molecule has 0 heterocycles. The van der Waals surface area contributed by atoms with Gasteiger partial charge >= 0.3 is 0 Å². The van der Waals surface area contributed by atoms with Crippen LogP contribution in [0.5, 0.6) is 5.75 Å². The van der Waals surface area contributed by atoms with Gasteiger partial charge in [-0.1, -0.05) is 19.1 Å². The molecule has 0 atom stereocenters. The van der Waals surface area contributed by atoms with E-state index in [4.69, 9.17) is 4.74 Å². The van der Waals surface area contributed by atoms with Crippen LogP contribution in [0.4, 0.5) is 0 Å². The standard InChI is InChI=1S/C13H19NO2/c1-5-13(2,3)14-12(15)10-8-6-7-9-11(10)16-4/h6-9H,5H2,1-4H3,(H,14,15). The monoisotopic (exact) mass is 221 g/mol. The Labute approximate surface area is 96.8 Å². The van der Waals surface area contributed by atoms with Gasteiger partial charge in [-0.25, -0.2) is 0 Å². The SMILES string of the molecule is CCC(C)(C)NC(=O)c1ccccc1OC. The minimum atomic E-state index is -0.196. The number of rotatable bonds is 4. The number of methoxy groups -OCH3 is 1. The molecule has 3 heteroatoms. The molecule has 0 saturated carbocycles. The molecule has 0 bridgehead atoms. The fourth-order valence-electron chi connectivity index (χ4n) is 1.30. The number of carbonyl (C=O) groups is 1. The van der Waals surface area contributed by atoms with E-state index in [1.807, 2.05) is 32.9 Å². The third-order valence-electron chi connectivity index (χ3n) is 2.69. The van der Waals surface area contributed by atoms with Crippen LogP contribution in [0, 0.1) is 0 Å². The molecule has 1 rings (SSSR count). The Morgan fingerprint density at radius 2 is 2.00 bits per heavy atom. The zero-order chi connectivity index (χ0) is 12.2. The molecule has 3 nitrogen and oxygen atoms in total. The Hall–Kier alpha value is -1.51. The molecule has 1 aromatic carbocycles. The van der Waals surface area contributed by atoms with Crippen molar-refractivity contribution in [3.8, 4) is 5.75 Å². The predicted octanol–water partition coefficient (Wildman–Crippen LogP) is 2.61. The first-order chi connectivity index (χ1) is 7.50. The first kappa shape index (κ1) is 12.6. The highest BCUT2D eigenvalue weighted by molar-refractivity contribution is 5.97. The van der Waals surface area contributed by atoms with Crippen molar-refractivity contribution in [2.24, 2.45) is 0 Å². The van der Waals surface area contributed by atoms with Crippen LogP contribution in [-0.2, 0) is 0 Å². The maximum absolute atomic E-state index is 12.0. The average Bonchev–Trinajstić information content (AvgIpc) is 2.28. The van der Waals surface area contributed by atoms with Crippen LogP contribution in [0.15, 0.2) is 24.3 Å². The quantitative estimate of drug-likeness (QED) is 0.848. The van der Waals surface area contributed by atoms with Crippen molar-refractivity contribution in [1.82, 2.24) is 5.32 Å². The topological polar surface area (TPSA) is 38.3 Å². The van der Waals surface area contributed by atoms with Gasteiger partial charge in [0.2, 0.25) is 0 Å². The lowest BCUT2D eigenvalue weighted by atomic mass is 10.0. The lowest BCUT2D eigenvalue weighted by Crippen LogP contribution is -2.42. The van der Waals surface area contributed by atoms with Crippen LogP contribution < -0.4 is 10.1 Å². The lowest BCUT2D eigenvalue weighted by Gasteiger charge is -2.24. The number of amides is 1. The normalized spacial score (nSPS) is 11.0. The smallest absolute Gasteiger partial charge is 0.255 e. The summed E-state index contributed by atoms with van der Waals surface area (Å²) < 4.78 is 5.15. The van der Waals surface area contributed by atoms with Crippen LogP contribution in [-0.4, -0.2) is 18.6 Å². The molecule has 16 heavy (non-hydrogen) atoms. The minimum Gasteiger partial charge on any atom is -0.496 e. The molecule has 0 radical (unpaired) electrons. The van der Waals surface area contributed by atoms with Crippen molar-refractivity contribution in [3.63, 3.8) is 0 Å². The third kappa shape index (κ3) is 2.99. The summed E-state index contributed by atoms with van der Waals surface area (Å²) in [7, 11) is 1.57. The van der Waals surface area contributed by atoms with Crippen LogP contribution in [0.25, 0.3) is 0 Å². The van der Waals surface area contributed by atoms with Crippen LogP contribution in [0.1, 0.15) is 37.6 Å². The number of nitrogens with one attached hydrogen (secondary N) is 1. The maximum atomic E-state index is 12.0. The number of ether oxygens (including phenoxy) is 1. The van der Waals surface area contributed by atoms with E-state index in [1.165, 1.54) is 0 Å². The summed E-state index contributed by atoms with van der Waals surface area (Å²) in [5, 5.41) is 2.98. The summed E-state index contributed by atoms with van der Waals surface area (Å²) >= 11 is 0. The Balaban J connectivity index is 2.88. The van der Waals surface area contributed by atoms with Gasteiger partial charge in [-0.2, -0.15) is 0 Å². The summed E-state index contributed by atoms with van der Waals surface area (Å²) in [6.45, 7) is 6.04. The number of hydrogen-bond donors (Lipinski definition) is 1. The highest BCUT2D eigenvalue weighted by atomic mass is 16.5. The van der Waals surface area contributed by atoms with Gasteiger partial charge in [0.25, 0.3) is 5.91 Å². The van der Waals surface area contributed by atoms with Crippen molar-refractivity contribution in [2.75, 3.05) is 7.11 Å². The van der Waals surface area contributed by atoms with E-state index in [0.717, 1.165) is 6.42 Å². The molecule has 1 N–H and O–H groups in total. The maximum Gasteiger partial charge on any atom is 0.255 e. The first-order valence-electron chi connectivity index (χ1n) is 5.45.